The van der Waals surface area contributed by atoms with Crippen molar-refractivity contribution in [3.8, 4) is 11.5 Å². The first-order chi connectivity index (χ1) is 11.2. The van der Waals surface area contributed by atoms with E-state index >= 15 is 0 Å². The SMILES string of the molecule is CCN1CCCC1Oc1ccc(OCc2cccc(Cl)c2)cc1. The lowest BCUT2D eigenvalue weighted by Crippen LogP contribution is -2.33. The van der Waals surface area contributed by atoms with Crippen LogP contribution < -0.4 is 9.47 Å². The van der Waals surface area contributed by atoms with Crippen molar-refractivity contribution in [3.63, 3.8) is 0 Å². The highest BCUT2D eigenvalue weighted by Gasteiger charge is 2.24. The molecule has 0 N–H and O–H groups in total. The summed E-state index contributed by atoms with van der Waals surface area (Å²) in [5.41, 5.74) is 1.06. The fourth-order valence-electron chi connectivity index (χ4n) is 2.86. The fourth-order valence-corrected chi connectivity index (χ4v) is 3.07. The molecule has 0 spiro atoms. The lowest BCUT2D eigenvalue weighted by Gasteiger charge is -2.23. The lowest BCUT2D eigenvalue weighted by molar-refractivity contribution is 0.0649. The van der Waals surface area contributed by atoms with Crippen molar-refractivity contribution in [2.75, 3.05) is 13.1 Å². The van der Waals surface area contributed by atoms with Crippen molar-refractivity contribution in [1.29, 1.82) is 0 Å². The van der Waals surface area contributed by atoms with Gasteiger partial charge in [0, 0.05) is 11.6 Å². The summed E-state index contributed by atoms with van der Waals surface area (Å²) < 4.78 is 11.9. The Balaban J connectivity index is 1.54. The summed E-state index contributed by atoms with van der Waals surface area (Å²) >= 11 is 5.98. The minimum absolute atomic E-state index is 0.207. The molecule has 2 aromatic carbocycles. The van der Waals surface area contributed by atoms with Gasteiger partial charge in [0.1, 0.15) is 18.1 Å². The second-order valence-electron chi connectivity index (χ2n) is 5.73. The third kappa shape index (κ3) is 4.40. The van der Waals surface area contributed by atoms with Crippen LogP contribution in [0.25, 0.3) is 0 Å². The predicted octanol–water partition coefficient (Wildman–Crippen LogP) is 4.74. The monoisotopic (exact) mass is 331 g/mol. The molecule has 3 nitrogen and oxygen atoms in total. The average molecular weight is 332 g/mol. The molecule has 1 fully saturated rings. The van der Waals surface area contributed by atoms with E-state index in [-0.39, 0.29) is 6.23 Å². The van der Waals surface area contributed by atoms with Crippen LogP contribution in [0.1, 0.15) is 25.3 Å². The minimum atomic E-state index is 0.207. The van der Waals surface area contributed by atoms with Crippen molar-refractivity contribution in [3.05, 3.63) is 59.1 Å². The molecule has 1 aliphatic rings. The molecule has 23 heavy (non-hydrogen) atoms. The summed E-state index contributed by atoms with van der Waals surface area (Å²) in [6, 6.07) is 15.6. The lowest BCUT2D eigenvalue weighted by atomic mass is 10.2. The zero-order valence-electron chi connectivity index (χ0n) is 13.4. The van der Waals surface area contributed by atoms with Gasteiger partial charge in [-0.3, -0.25) is 4.90 Å². The molecule has 122 valence electrons. The highest BCUT2D eigenvalue weighted by molar-refractivity contribution is 6.30. The maximum absolute atomic E-state index is 6.07. The van der Waals surface area contributed by atoms with Gasteiger partial charge in [-0.25, -0.2) is 0 Å². The molecule has 1 saturated heterocycles. The van der Waals surface area contributed by atoms with Gasteiger partial charge in [0.2, 0.25) is 0 Å². The summed E-state index contributed by atoms with van der Waals surface area (Å²) in [7, 11) is 0. The first-order valence-corrected chi connectivity index (χ1v) is 8.50. The molecule has 0 saturated carbocycles. The Bertz CT molecular complexity index is 630. The number of hydrogen-bond acceptors (Lipinski definition) is 3. The van der Waals surface area contributed by atoms with E-state index in [1.54, 1.807) is 0 Å². The molecule has 1 atom stereocenters. The summed E-state index contributed by atoms with van der Waals surface area (Å²) in [5, 5.41) is 0.729. The quantitative estimate of drug-likeness (QED) is 0.763. The summed E-state index contributed by atoms with van der Waals surface area (Å²) in [6.07, 6.45) is 2.51. The van der Waals surface area contributed by atoms with E-state index in [4.69, 9.17) is 21.1 Å². The third-order valence-electron chi connectivity index (χ3n) is 4.10. The Hall–Kier alpha value is -1.71. The van der Waals surface area contributed by atoms with E-state index in [1.165, 1.54) is 6.42 Å². The van der Waals surface area contributed by atoms with Crippen molar-refractivity contribution >= 4 is 11.6 Å². The van der Waals surface area contributed by atoms with Gasteiger partial charge in [-0.1, -0.05) is 30.7 Å². The first kappa shape index (κ1) is 16.2. The number of hydrogen-bond donors (Lipinski definition) is 0. The van der Waals surface area contributed by atoms with Crippen LogP contribution >= 0.6 is 11.6 Å². The molecule has 1 unspecified atom stereocenters. The number of benzene rings is 2. The van der Waals surface area contributed by atoms with Crippen molar-refractivity contribution < 1.29 is 9.47 Å². The molecular weight excluding hydrogens is 310 g/mol. The topological polar surface area (TPSA) is 21.7 Å². The maximum atomic E-state index is 6.07. The molecule has 0 amide bonds. The molecular formula is C19H22ClNO2. The summed E-state index contributed by atoms with van der Waals surface area (Å²) in [6.45, 7) is 4.84. The normalized spacial score (nSPS) is 18.1. The highest BCUT2D eigenvalue weighted by atomic mass is 35.5. The van der Waals surface area contributed by atoms with Gasteiger partial charge in [0.25, 0.3) is 0 Å². The van der Waals surface area contributed by atoms with Crippen LogP contribution in [0.3, 0.4) is 0 Å². The average Bonchev–Trinajstić information content (AvgIpc) is 3.01. The molecule has 1 aliphatic heterocycles. The predicted molar refractivity (Wildman–Crippen MR) is 93.1 cm³/mol. The van der Waals surface area contributed by atoms with Gasteiger partial charge in [-0.15, -0.1) is 0 Å². The maximum Gasteiger partial charge on any atom is 0.152 e. The second-order valence-corrected chi connectivity index (χ2v) is 6.17. The molecule has 0 bridgehead atoms. The van der Waals surface area contributed by atoms with Gasteiger partial charge < -0.3 is 9.47 Å². The summed E-state index contributed by atoms with van der Waals surface area (Å²) in [5.74, 6) is 1.72. The minimum Gasteiger partial charge on any atom is -0.489 e. The van der Waals surface area contributed by atoms with Crippen molar-refractivity contribution in [2.45, 2.75) is 32.6 Å². The van der Waals surface area contributed by atoms with Crippen LogP contribution in [0.15, 0.2) is 48.5 Å². The number of ether oxygens (including phenoxy) is 2. The van der Waals surface area contributed by atoms with E-state index in [0.29, 0.717) is 6.61 Å². The van der Waals surface area contributed by atoms with Crippen LogP contribution in [-0.2, 0) is 6.61 Å². The molecule has 0 aromatic heterocycles. The van der Waals surface area contributed by atoms with E-state index in [1.807, 2.05) is 48.5 Å². The van der Waals surface area contributed by atoms with Crippen LogP contribution in [0, 0.1) is 0 Å². The molecule has 0 aliphatic carbocycles. The summed E-state index contributed by atoms with van der Waals surface area (Å²) in [4.78, 5) is 2.36. The fraction of sp³-hybridized carbons (Fsp3) is 0.368. The van der Waals surface area contributed by atoms with Crippen molar-refractivity contribution in [1.82, 2.24) is 4.90 Å². The Morgan fingerprint density at radius 3 is 2.65 bits per heavy atom. The molecule has 1 heterocycles. The largest absolute Gasteiger partial charge is 0.489 e. The van der Waals surface area contributed by atoms with Gasteiger partial charge in [-0.2, -0.15) is 0 Å². The van der Waals surface area contributed by atoms with E-state index < -0.39 is 0 Å². The Morgan fingerprint density at radius 2 is 1.91 bits per heavy atom. The van der Waals surface area contributed by atoms with Crippen LogP contribution in [-0.4, -0.2) is 24.2 Å². The van der Waals surface area contributed by atoms with Gasteiger partial charge in [0.15, 0.2) is 6.23 Å². The van der Waals surface area contributed by atoms with E-state index in [9.17, 15) is 0 Å². The zero-order valence-corrected chi connectivity index (χ0v) is 14.1. The van der Waals surface area contributed by atoms with Gasteiger partial charge in [0.05, 0.1) is 0 Å². The number of likely N-dealkylation sites (tertiary alicyclic amines) is 1. The third-order valence-corrected chi connectivity index (χ3v) is 4.34. The first-order valence-electron chi connectivity index (χ1n) is 8.12. The standard InChI is InChI=1S/C19H22ClNO2/c1-2-21-12-4-7-19(21)23-18-10-8-17(9-11-18)22-14-15-5-3-6-16(20)13-15/h3,5-6,8-11,13,19H,2,4,7,12,14H2,1H3. The van der Waals surface area contributed by atoms with Crippen molar-refractivity contribution in [2.24, 2.45) is 0 Å². The Morgan fingerprint density at radius 1 is 1.13 bits per heavy atom. The second kappa shape index (κ2) is 7.71. The van der Waals surface area contributed by atoms with Crippen LogP contribution in [0.5, 0.6) is 11.5 Å². The number of rotatable bonds is 6. The van der Waals surface area contributed by atoms with Crippen LogP contribution in [0.4, 0.5) is 0 Å². The molecule has 2 aromatic rings. The number of halogens is 1. The molecule has 4 heteroatoms. The highest BCUT2D eigenvalue weighted by Crippen LogP contribution is 2.24. The van der Waals surface area contributed by atoms with E-state index in [0.717, 1.165) is 41.6 Å². The van der Waals surface area contributed by atoms with E-state index in [2.05, 4.69) is 11.8 Å². The Kier molecular flexibility index (Phi) is 5.42. The molecule has 3 rings (SSSR count). The Labute approximate surface area is 142 Å². The smallest absolute Gasteiger partial charge is 0.152 e. The van der Waals surface area contributed by atoms with Gasteiger partial charge in [-0.05, 0) is 61.3 Å². The zero-order chi connectivity index (χ0) is 16.1. The van der Waals surface area contributed by atoms with Crippen LogP contribution in [0.2, 0.25) is 5.02 Å². The van der Waals surface area contributed by atoms with Gasteiger partial charge >= 0.3 is 0 Å². The number of nitrogens with zero attached hydrogens (tertiary/aromatic N) is 1. The molecule has 0 radical (unpaired) electrons.